The number of hydrogen-bond acceptors (Lipinski definition) is 15. The van der Waals surface area contributed by atoms with Crippen LogP contribution in [0.3, 0.4) is 0 Å². The summed E-state index contributed by atoms with van der Waals surface area (Å²) >= 11 is 0. The normalized spacial score (nSPS) is 14.5. The fourth-order valence-electron chi connectivity index (χ4n) is 12.1. The maximum Gasteiger partial charge on any atom is 0.472 e. The molecule has 0 bridgehead atoms. The molecule has 0 saturated carbocycles. The molecule has 7 atom stereocenters. The molecule has 19 heteroatoms. The zero-order valence-corrected chi connectivity index (χ0v) is 65.9. The first-order chi connectivity index (χ1) is 47.4. The van der Waals surface area contributed by atoms with Crippen molar-refractivity contribution in [1.82, 2.24) is 0 Å². The number of carbonyl (C=O) groups excluding carboxylic acids is 4. The third kappa shape index (κ3) is 69.8. The quantitative estimate of drug-likeness (QED) is 0.0222. The van der Waals surface area contributed by atoms with Gasteiger partial charge in [0.15, 0.2) is 12.2 Å². The van der Waals surface area contributed by atoms with Gasteiger partial charge in [0.25, 0.3) is 0 Å². The van der Waals surface area contributed by atoms with Crippen molar-refractivity contribution in [3.8, 4) is 0 Å². The first-order valence-corrected chi connectivity index (χ1v) is 44.1. The summed E-state index contributed by atoms with van der Waals surface area (Å²) in [6.07, 6.45) is 59.6. The molecule has 0 aromatic rings. The fourth-order valence-corrected chi connectivity index (χ4v) is 13.7. The van der Waals surface area contributed by atoms with E-state index in [1.54, 1.807) is 0 Å². The fraction of sp³-hybridized carbons (Fsp3) is 0.949. The second-order valence-corrected chi connectivity index (χ2v) is 31.8. The maximum absolute atomic E-state index is 13.1. The molecule has 3 N–H and O–H groups in total. The van der Waals surface area contributed by atoms with E-state index in [1.165, 1.54) is 225 Å². The molecule has 0 amide bonds. The Morgan fingerprint density at radius 1 is 0.286 bits per heavy atom. The lowest BCUT2D eigenvalue weighted by molar-refractivity contribution is -0.161. The van der Waals surface area contributed by atoms with E-state index in [2.05, 4.69) is 41.5 Å². The van der Waals surface area contributed by atoms with Crippen molar-refractivity contribution in [2.45, 2.75) is 432 Å². The van der Waals surface area contributed by atoms with Gasteiger partial charge < -0.3 is 33.8 Å². The average molecular weight is 1440 g/mol. The van der Waals surface area contributed by atoms with Gasteiger partial charge >= 0.3 is 39.5 Å². The summed E-state index contributed by atoms with van der Waals surface area (Å²) in [5.74, 6) is -0.531. The predicted octanol–water partition coefficient (Wildman–Crippen LogP) is 23.5. The molecule has 17 nitrogen and oxygen atoms in total. The number of aliphatic hydroxyl groups excluding tert-OH is 1. The number of carbonyl (C=O) groups is 4. The maximum atomic E-state index is 13.1. The summed E-state index contributed by atoms with van der Waals surface area (Å²) in [4.78, 5) is 72.9. The minimum Gasteiger partial charge on any atom is -0.462 e. The molecule has 98 heavy (non-hydrogen) atoms. The number of ether oxygens (including phenoxy) is 4. The van der Waals surface area contributed by atoms with Gasteiger partial charge in [0.2, 0.25) is 0 Å². The van der Waals surface area contributed by atoms with Crippen LogP contribution in [0.5, 0.6) is 0 Å². The Hall–Kier alpha value is -1.94. The van der Waals surface area contributed by atoms with Crippen molar-refractivity contribution in [1.29, 1.82) is 0 Å². The number of esters is 4. The Morgan fingerprint density at radius 2 is 0.490 bits per heavy atom. The second kappa shape index (κ2) is 70.7. The van der Waals surface area contributed by atoms with Crippen molar-refractivity contribution >= 4 is 39.5 Å². The number of aliphatic hydroxyl groups is 1. The van der Waals surface area contributed by atoms with Crippen LogP contribution in [0.25, 0.3) is 0 Å². The average Bonchev–Trinajstić information content (AvgIpc) is 1.06. The van der Waals surface area contributed by atoms with E-state index < -0.39 is 97.5 Å². The topological polar surface area (TPSA) is 237 Å². The molecule has 0 fully saturated rings. The van der Waals surface area contributed by atoms with Crippen LogP contribution in [-0.4, -0.2) is 96.7 Å². The van der Waals surface area contributed by atoms with Crippen LogP contribution in [0.15, 0.2) is 0 Å². The number of phosphoric acid groups is 2. The highest BCUT2D eigenvalue weighted by molar-refractivity contribution is 7.47. The second-order valence-electron chi connectivity index (χ2n) is 28.9. The van der Waals surface area contributed by atoms with Gasteiger partial charge in [-0.25, -0.2) is 9.13 Å². The summed E-state index contributed by atoms with van der Waals surface area (Å²) in [5.41, 5.74) is 0. The van der Waals surface area contributed by atoms with Gasteiger partial charge in [-0.15, -0.1) is 0 Å². The lowest BCUT2D eigenvalue weighted by Crippen LogP contribution is -2.30. The standard InChI is InChI=1S/C79H154O17P2/c1-7-11-13-15-17-19-21-22-23-24-25-26-27-32-36-40-44-52-58-64-79(84)95-74(67-89-76(81)61-55-49-42-38-35-31-29-28-30-34-37-41-47-53-59-71(5)9-3)69-93-97(85,86)91-65-73(80)66-92-98(87,88)94-70-75(68-90-77(82)62-56-50-46-45-48-54-60-72(6)10-4)96-78(83)63-57-51-43-39-33-20-18-16-14-12-8-2/h71-75,80H,7-70H2,1-6H3,(H,85,86)(H,87,88)/t71?,72?,73-,74-,75-/m1/s1. The monoisotopic (exact) mass is 1440 g/mol. The third-order valence-electron chi connectivity index (χ3n) is 19.2. The minimum absolute atomic E-state index is 0.106. The summed E-state index contributed by atoms with van der Waals surface area (Å²) in [5, 5.41) is 10.6. The van der Waals surface area contributed by atoms with Crippen molar-refractivity contribution in [3.63, 3.8) is 0 Å². The summed E-state index contributed by atoms with van der Waals surface area (Å²) in [6.45, 7) is 9.63. The number of hydrogen-bond donors (Lipinski definition) is 3. The SMILES string of the molecule is CCCCCCCCCCCCCCCCCCCCCC(=O)O[C@H](COC(=O)CCCCCCCCCCCCCCCCC(C)CC)COP(=O)(O)OC[C@@H](O)COP(=O)(O)OC[C@@H](COC(=O)CCCCCCCCC(C)CC)OC(=O)CCCCCCCCCCCCC. The van der Waals surface area contributed by atoms with Gasteiger partial charge in [-0.3, -0.25) is 37.3 Å². The van der Waals surface area contributed by atoms with Gasteiger partial charge in [0.05, 0.1) is 26.4 Å². The highest BCUT2D eigenvalue weighted by Gasteiger charge is 2.30. The van der Waals surface area contributed by atoms with Crippen LogP contribution in [0.4, 0.5) is 0 Å². The van der Waals surface area contributed by atoms with Crippen LogP contribution in [-0.2, 0) is 65.4 Å². The number of rotatable bonds is 78. The molecule has 0 saturated heterocycles. The molecule has 0 radical (unpaired) electrons. The van der Waals surface area contributed by atoms with E-state index in [0.717, 1.165) is 108 Å². The van der Waals surface area contributed by atoms with Crippen LogP contribution >= 0.6 is 15.6 Å². The Morgan fingerprint density at radius 3 is 0.724 bits per heavy atom. The predicted molar refractivity (Wildman–Crippen MR) is 400 cm³/mol. The molecule has 582 valence electrons. The van der Waals surface area contributed by atoms with Gasteiger partial charge in [-0.1, -0.05) is 363 Å². The lowest BCUT2D eigenvalue weighted by atomic mass is 9.99. The zero-order valence-electron chi connectivity index (χ0n) is 64.1. The highest BCUT2D eigenvalue weighted by Crippen LogP contribution is 2.45. The molecule has 0 aromatic carbocycles. The highest BCUT2D eigenvalue weighted by atomic mass is 31.2. The molecular formula is C79H154O17P2. The minimum atomic E-state index is -4.96. The smallest absolute Gasteiger partial charge is 0.462 e. The van der Waals surface area contributed by atoms with Crippen molar-refractivity contribution in [3.05, 3.63) is 0 Å². The lowest BCUT2D eigenvalue weighted by Gasteiger charge is -2.21. The van der Waals surface area contributed by atoms with Crippen LogP contribution in [0, 0.1) is 11.8 Å². The summed E-state index contributed by atoms with van der Waals surface area (Å²) in [6, 6.07) is 0. The van der Waals surface area contributed by atoms with Crippen molar-refractivity contribution in [2.75, 3.05) is 39.6 Å². The van der Waals surface area contributed by atoms with E-state index in [-0.39, 0.29) is 25.7 Å². The third-order valence-corrected chi connectivity index (χ3v) is 21.1. The van der Waals surface area contributed by atoms with E-state index in [4.69, 9.17) is 37.0 Å². The summed E-state index contributed by atoms with van der Waals surface area (Å²) in [7, 11) is -9.91. The molecule has 0 rings (SSSR count). The largest absolute Gasteiger partial charge is 0.472 e. The van der Waals surface area contributed by atoms with E-state index in [1.807, 2.05) is 0 Å². The van der Waals surface area contributed by atoms with Gasteiger partial charge in [-0.05, 0) is 37.5 Å². The number of phosphoric ester groups is 2. The molecule has 0 aliphatic heterocycles. The van der Waals surface area contributed by atoms with Crippen LogP contribution in [0.2, 0.25) is 0 Å². The number of unbranched alkanes of at least 4 members (excludes halogenated alkanes) is 46. The van der Waals surface area contributed by atoms with Crippen LogP contribution < -0.4 is 0 Å². The zero-order chi connectivity index (χ0) is 72.1. The van der Waals surface area contributed by atoms with Gasteiger partial charge in [0, 0.05) is 25.7 Å². The molecule has 0 aliphatic carbocycles. The Labute approximate surface area is 600 Å². The Kier molecular flexibility index (Phi) is 69.3. The molecule has 0 heterocycles. The first-order valence-electron chi connectivity index (χ1n) is 41.1. The van der Waals surface area contributed by atoms with Gasteiger partial charge in [0.1, 0.15) is 19.3 Å². The molecule has 0 spiro atoms. The van der Waals surface area contributed by atoms with Crippen molar-refractivity contribution in [2.24, 2.45) is 11.8 Å². The Balaban J connectivity index is 5.22. The first kappa shape index (κ1) is 96.1. The summed E-state index contributed by atoms with van der Waals surface area (Å²) < 4.78 is 68.6. The van der Waals surface area contributed by atoms with Gasteiger partial charge in [-0.2, -0.15) is 0 Å². The van der Waals surface area contributed by atoms with Crippen LogP contribution in [0.1, 0.15) is 414 Å². The van der Waals surface area contributed by atoms with Crippen molar-refractivity contribution < 1.29 is 80.2 Å². The molecular weight excluding hydrogens is 1280 g/mol. The van der Waals surface area contributed by atoms with E-state index >= 15 is 0 Å². The van der Waals surface area contributed by atoms with E-state index in [0.29, 0.717) is 25.7 Å². The van der Waals surface area contributed by atoms with E-state index in [9.17, 15) is 43.2 Å². The molecule has 4 unspecified atom stereocenters. The molecule has 0 aromatic heterocycles. The Bertz CT molecular complexity index is 1890. The molecule has 0 aliphatic rings.